The van der Waals surface area contributed by atoms with Gasteiger partial charge in [0.05, 0.1) is 11.5 Å². The van der Waals surface area contributed by atoms with E-state index in [2.05, 4.69) is 22.4 Å². The lowest BCUT2D eigenvalue weighted by atomic mass is 10.2. The Labute approximate surface area is 118 Å². The van der Waals surface area contributed by atoms with E-state index < -0.39 is 11.8 Å². The molecule has 2 amide bonds. The second-order valence-electron chi connectivity index (χ2n) is 5.19. The minimum absolute atomic E-state index is 0.0710. The first-order valence-corrected chi connectivity index (χ1v) is 7.05. The van der Waals surface area contributed by atoms with Crippen molar-refractivity contribution in [2.24, 2.45) is 11.7 Å². The van der Waals surface area contributed by atoms with Crippen molar-refractivity contribution in [3.05, 3.63) is 0 Å². The van der Waals surface area contributed by atoms with Crippen molar-refractivity contribution in [3.8, 4) is 0 Å². The van der Waals surface area contributed by atoms with Crippen LogP contribution in [0.3, 0.4) is 0 Å². The lowest BCUT2D eigenvalue weighted by Crippen LogP contribution is -2.53. The maximum Gasteiger partial charge on any atom is 0.311 e. The molecule has 1 aliphatic heterocycles. The molecule has 3 N–H and O–H groups in total. The second-order valence-corrected chi connectivity index (χ2v) is 5.71. The molecular formula is C12H20N4O2S. The van der Waals surface area contributed by atoms with Gasteiger partial charge in [-0.1, -0.05) is 12.2 Å². The zero-order chi connectivity index (χ0) is 13.8. The van der Waals surface area contributed by atoms with Crippen LogP contribution in [0.15, 0.2) is 0 Å². The smallest absolute Gasteiger partial charge is 0.311 e. The predicted octanol–water partition coefficient (Wildman–Crippen LogP) is -1.06. The predicted molar refractivity (Wildman–Crippen MR) is 75.5 cm³/mol. The highest BCUT2D eigenvalue weighted by Crippen LogP contribution is 2.29. The fraction of sp³-hybridized carbons (Fsp3) is 0.750. The fourth-order valence-corrected chi connectivity index (χ4v) is 2.26. The molecule has 1 heterocycles. The highest BCUT2D eigenvalue weighted by atomic mass is 32.1. The molecule has 0 radical (unpaired) electrons. The number of amides is 2. The fourth-order valence-electron chi connectivity index (χ4n) is 2.19. The summed E-state index contributed by atoms with van der Waals surface area (Å²) in [6.07, 6.45) is 2.67. The van der Waals surface area contributed by atoms with Gasteiger partial charge in [0.25, 0.3) is 0 Å². The van der Waals surface area contributed by atoms with Gasteiger partial charge in [-0.2, -0.15) is 0 Å². The quantitative estimate of drug-likeness (QED) is 0.508. The van der Waals surface area contributed by atoms with Gasteiger partial charge in [-0.05, 0) is 18.8 Å². The molecule has 0 atom stereocenters. The number of carbonyl (C=O) groups is 2. The van der Waals surface area contributed by atoms with Gasteiger partial charge in [0, 0.05) is 32.7 Å². The van der Waals surface area contributed by atoms with Crippen LogP contribution in [-0.4, -0.2) is 65.9 Å². The third kappa shape index (κ3) is 4.43. The Hall–Kier alpha value is -1.21. The van der Waals surface area contributed by atoms with E-state index in [0.29, 0.717) is 13.1 Å². The SMILES string of the molecule is NC(=S)CNC(=O)C(=O)N1CCN(CC2CC2)CC1. The average molecular weight is 284 g/mol. The number of nitrogens with two attached hydrogens (primary N) is 1. The van der Waals surface area contributed by atoms with Gasteiger partial charge >= 0.3 is 11.8 Å². The number of thiocarbonyl (C=S) groups is 1. The minimum atomic E-state index is -0.622. The zero-order valence-electron chi connectivity index (χ0n) is 10.9. The molecule has 0 aromatic rings. The lowest BCUT2D eigenvalue weighted by Gasteiger charge is -2.34. The standard InChI is InChI=1S/C12H20N4O2S/c13-10(19)7-14-11(17)12(18)16-5-3-15(4-6-16)8-9-1-2-9/h9H,1-8H2,(H2,13,19)(H,14,17). The van der Waals surface area contributed by atoms with E-state index in [1.54, 1.807) is 4.90 Å². The minimum Gasteiger partial charge on any atom is -0.392 e. The number of hydrogen-bond donors (Lipinski definition) is 2. The maximum absolute atomic E-state index is 11.9. The van der Waals surface area contributed by atoms with Crippen molar-refractivity contribution < 1.29 is 9.59 Å². The molecule has 0 bridgehead atoms. The van der Waals surface area contributed by atoms with Crippen LogP contribution in [0.1, 0.15) is 12.8 Å². The number of nitrogens with one attached hydrogen (secondary N) is 1. The van der Waals surface area contributed by atoms with Crippen LogP contribution in [0.2, 0.25) is 0 Å². The molecule has 2 aliphatic rings. The molecule has 0 aromatic carbocycles. The highest BCUT2D eigenvalue weighted by molar-refractivity contribution is 7.80. The summed E-state index contributed by atoms with van der Waals surface area (Å²) < 4.78 is 0. The van der Waals surface area contributed by atoms with Gasteiger partial charge < -0.3 is 16.0 Å². The van der Waals surface area contributed by atoms with Gasteiger partial charge in [0.2, 0.25) is 0 Å². The summed E-state index contributed by atoms with van der Waals surface area (Å²) in [6.45, 7) is 4.14. The molecule has 2 fully saturated rings. The Bertz CT molecular complexity index is 376. The molecule has 106 valence electrons. The van der Waals surface area contributed by atoms with E-state index in [0.717, 1.165) is 25.6 Å². The van der Waals surface area contributed by atoms with Crippen molar-refractivity contribution in [2.75, 3.05) is 39.3 Å². The summed E-state index contributed by atoms with van der Waals surface area (Å²) in [6, 6.07) is 0. The van der Waals surface area contributed by atoms with Crippen molar-refractivity contribution >= 4 is 29.0 Å². The first-order chi connectivity index (χ1) is 9.06. The summed E-state index contributed by atoms with van der Waals surface area (Å²) >= 11 is 4.65. The number of rotatable bonds is 4. The molecule has 6 nitrogen and oxygen atoms in total. The highest BCUT2D eigenvalue weighted by Gasteiger charge is 2.29. The Balaban J connectivity index is 1.71. The number of piperazine rings is 1. The molecular weight excluding hydrogens is 264 g/mol. The molecule has 7 heteroatoms. The molecule has 2 rings (SSSR count). The molecule has 19 heavy (non-hydrogen) atoms. The van der Waals surface area contributed by atoms with E-state index in [4.69, 9.17) is 5.73 Å². The van der Waals surface area contributed by atoms with Crippen LogP contribution in [0.4, 0.5) is 0 Å². The Kier molecular flexibility index (Phi) is 4.71. The normalized spacial score (nSPS) is 20.1. The van der Waals surface area contributed by atoms with Crippen LogP contribution in [0, 0.1) is 5.92 Å². The Morgan fingerprint density at radius 1 is 1.21 bits per heavy atom. The van der Waals surface area contributed by atoms with Crippen LogP contribution in [0.25, 0.3) is 0 Å². The topological polar surface area (TPSA) is 78.7 Å². The van der Waals surface area contributed by atoms with Crippen LogP contribution in [0.5, 0.6) is 0 Å². The third-order valence-electron chi connectivity index (χ3n) is 3.49. The number of carbonyl (C=O) groups excluding carboxylic acids is 2. The van der Waals surface area contributed by atoms with Gasteiger partial charge in [-0.25, -0.2) is 0 Å². The van der Waals surface area contributed by atoms with Crippen molar-refractivity contribution in [2.45, 2.75) is 12.8 Å². The summed E-state index contributed by atoms with van der Waals surface area (Å²) in [5.74, 6) is -0.248. The van der Waals surface area contributed by atoms with E-state index in [1.807, 2.05) is 0 Å². The van der Waals surface area contributed by atoms with E-state index in [-0.39, 0.29) is 11.5 Å². The lowest BCUT2D eigenvalue weighted by molar-refractivity contribution is -0.146. The summed E-state index contributed by atoms with van der Waals surface area (Å²) in [5.41, 5.74) is 5.27. The molecule has 1 saturated heterocycles. The molecule has 0 aromatic heterocycles. The summed E-state index contributed by atoms with van der Waals surface area (Å²) in [4.78, 5) is 27.6. The van der Waals surface area contributed by atoms with Gasteiger partial charge in [-0.15, -0.1) is 0 Å². The Morgan fingerprint density at radius 3 is 2.37 bits per heavy atom. The van der Waals surface area contributed by atoms with Crippen LogP contribution >= 0.6 is 12.2 Å². The average Bonchev–Trinajstić information content (AvgIpc) is 3.20. The largest absolute Gasteiger partial charge is 0.392 e. The number of hydrogen-bond acceptors (Lipinski definition) is 4. The van der Waals surface area contributed by atoms with Gasteiger partial charge in [0.1, 0.15) is 0 Å². The van der Waals surface area contributed by atoms with Gasteiger partial charge in [0.15, 0.2) is 0 Å². The zero-order valence-corrected chi connectivity index (χ0v) is 11.7. The third-order valence-corrected chi connectivity index (χ3v) is 3.63. The number of nitrogens with zero attached hydrogens (tertiary/aromatic N) is 2. The van der Waals surface area contributed by atoms with Gasteiger partial charge in [-0.3, -0.25) is 14.5 Å². The van der Waals surface area contributed by atoms with E-state index >= 15 is 0 Å². The van der Waals surface area contributed by atoms with Crippen molar-refractivity contribution in [1.82, 2.24) is 15.1 Å². The van der Waals surface area contributed by atoms with E-state index in [9.17, 15) is 9.59 Å². The molecule has 1 saturated carbocycles. The monoisotopic (exact) mass is 284 g/mol. The van der Waals surface area contributed by atoms with Crippen LogP contribution in [-0.2, 0) is 9.59 Å². The molecule has 0 spiro atoms. The van der Waals surface area contributed by atoms with Crippen LogP contribution < -0.4 is 11.1 Å². The second kappa shape index (κ2) is 6.29. The first-order valence-electron chi connectivity index (χ1n) is 6.64. The molecule has 0 unspecified atom stereocenters. The molecule has 1 aliphatic carbocycles. The summed E-state index contributed by atoms with van der Waals surface area (Å²) in [5, 5.41) is 2.42. The first kappa shape index (κ1) is 14.2. The van der Waals surface area contributed by atoms with Crippen molar-refractivity contribution in [3.63, 3.8) is 0 Å². The maximum atomic E-state index is 11.9. The van der Waals surface area contributed by atoms with Crippen molar-refractivity contribution in [1.29, 1.82) is 0 Å². The Morgan fingerprint density at radius 2 is 1.84 bits per heavy atom. The van der Waals surface area contributed by atoms with E-state index in [1.165, 1.54) is 12.8 Å². The summed E-state index contributed by atoms with van der Waals surface area (Å²) in [7, 11) is 0.